The standard InChI is InChI=1S/C22H24N2O6S/c1-16-5-10-20(31(26,27)23-15-19-4-3-11-29-19)14-21(16)22(25)24-17-6-8-18(9-7-17)30-13-12-28-2/h3-11,14,23H,12-13,15H2,1-2H3,(H,24,25). The first kappa shape index (κ1) is 22.5. The number of methoxy groups -OCH3 is 1. The predicted molar refractivity (Wildman–Crippen MR) is 116 cm³/mol. The molecule has 0 bridgehead atoms. The van der Waals surface area contributed by atoms with Crippen molar-refractivity contribution < 1.29 is 27.1 Å². The van der Waals surface area contributed by atoms with Gasteiger partial charge in [-0.05, 0) is 61.0 Å². The van der Waals surface area contributed by atoms with Crippen molar-refractivity contribution in [3.05, 3.63) is 77.7 Å². The summed E-state index contributed by atoms with van der Waals surface area (Å²) in [6.45, 7) is 2.67. The van der Waals surface area contributed by atoms with Crippen LogP contribution < -0.4 is 14.8 Å². The highest BCUT2D eigenvalue weighted by Crippen LogP contribution is 2.20. The van der Waals surface area contributed by atoms with Crippen LogP contribution in [0, 0.1) is 6.92 Å². The molecular weight excluding hydrogens is 420 g/mol. The fourth-order valence-corrected chi connectivity index (χ4v) is 3.77. The number of amides is 1. The monoisotopic (exact) mass is 444 g/mol. The average molecular weight is 445 g/mol. The Bertz CT molecular complexity index is 1110. The Kier molecular flexibility index (Phi) is 7.45. The fraction of sp³-hybridized carbons (Fsp3) is 0.227. The van der Waals surface area contributed by atoms with E-state index in [2.05, 4.69) is 10.0 Å². The molecule has 1 aromatic heterocycles. The number of hydrogen-bond acceptors (Lipinski definition) is 6. The summed E-state index contributed by atoms with van der Waals surface area (Å²) in [5, 5.41) is 2.78. The van der Waals surface area contributed by atoms with Crippen LogP contribution in [0.1, 0.15) is 21.7 Å². The molecule has 0 saturated carbocycles. The molecule has 2 N–H and O–H groups in total. The van der Waals surface area contributed by atoms with E-state index < -0.39 is 15.9 Å². The summed E-state index contributed by atoms with van der Waals surface area (Å²) in [6, 6.07) is 14.7. The van der Waals surface area contributed by atoms with E-state index in [1.165, 1.54) is 18.4 Å². The molecule has 0 saturated heterocycles. The van der Waals surface area contributed by atoms with Crippen molar-refractivity contribution in [3.8, 4) is 5.75 Å². The number of anilines is 1. The quantitative estimate of drug-likeness (QED) is 0.465. The van der Waals surface area contributed by atoms with Crippen LogP contribution in [0.15, 0.2) is 70.2 Å². The van der Waals surface area contributed by atoms with Crippen molar-refractivity contribution >= 4 is 21.6 Å². The molecule has 8 nitrogen and oxygen atoms in total. The number of carbonyl (C=O) groups excluding carboxylic acids is 1. The van der Waals surface area contributed by atoms with Gasteiger partial charge in [-0.2, -0.15) is 0 Å². The lowest BCUT2D eigenvalue weighted by Crippen LogP contribution is -2.24. The largest absolute Gasteiger partial charge is 0.491 e. The van der Waals surface area contributed by atoms with E-state index in [1.807, 2.05) is 0 Å². The third kappa shape index (κ3) is 6.17. The molecule has 9 heteroatoms. The highest BCUT2D eigenvalue weighted by molar-refractivity contribution is 7.89. The molecule has 0 radical (unpaired) electrons. The van der Waals surface area contributed by atoms with E-state index in [4.69, 9.17) is 13.9 Å². The maximum absolute atomic E-state index is 12.8. The summed E-state index contributed by atoms with van der Waals surface area (Å²) >= 11 is 0. The average Bonchev–Trinajstić information content (AvgIpc) is 3.28. The molecule has 31 heavy (non-hydrogen) atoms. The van der Waals surface area contributed by atoms with Gasteiger partial charge in [-0.1, -0.05) is 6.07 Å². The summed E-state index contributed by atoms with van der Waals surface area (Å²) in [6.07, 6.45) is 1.47. The molecule has 3 aromatic rings. The summed E-state index contributed by atoms with van der Waals surface area (Å²) < 4.78 is 43.3. The molecule has 1 heterocycles. The SMILES string of the molecule is COCCOc1ccc(NC(=O)c2cc(S(=O)(=O)NCc3ccco3)ccc2C)cc1. The number of hydrogen-bond donors (Lipinski definition) is 2. The Morgan fingerprint density at radius 1 is 1.06 bits per heavy atom. The topological polar surface area (TPSA) is 107 Å². The third-order valence-corrected chi connectivity index (χ3v) is 5.85. The Morgan fingerprint density at radius 2 is 1.84 bits per heavy atom. The van der Waals surface area contributed by atoms with Crippen LogP contribution >= 0.6 is 0 Å². The highest BCUT2D eigenvalue weighted by Gasteiger charge is 2.18. The maximum atomic E-state index is 12.8. The number of sulfonamides is 1. The van der Waals surface area contributed by atoms with Crippen LogP contribution in [0.3, 0.4) is 0 Å². The Balaban J connectivity index is 1.69. The molecule has 0 aliphatic rings. The normalized spacial score (nSPS) is 11.3. The minimum atomic E-state index is -3.82. The van der Waals surface area contributed by atoms with Gasteiger partial charge in [-0.15, -0.1) is 0 Å². The Morgan fingerprint density at radius 3 is 2.52 bits per heavy atom. The van der Waals surface area contributed by atoms with E-state index in [0.29, 0.717) is 36.0 Å². The van der Waals surface area contributed by atoms with Crippen molar-refractivity contribution in [2.75, 3.05) is 25.6 Å². The van der Waals surface area contributed by atoms with Crippen LogP contribution in [0.25, 0.3) is 0 Å². The van der Waals surface area contributed by atoms with Gasteiger partial charge < -0.3 is 19.2 Å². The van der Waals surface area contributed by atoms with Gasteiger partial charge >= 0.3 is 0 Å². The molecule has 0 spiro atoms. The van der Waals surface area contributed by atoms with Crippen molar-refractivity contribution in [1.82, 2.24) is 4.72 Å². The second-order valence-electron chi connectivity index (χ2n) is 6.70. The third-order valence-electron chi connectivity index (χ3n) is 4.45. The lowest BCUT2D eigenvalue weighted by atomic mass is 10.1. The number of nitrogens with one attached hydrogen (secondary N) is 2. The first-order valence-electron chi connectivity index (χ1n) is 9.55. The van der Waals surface area contributed by atoms with E-state index in [1.54, 1.807) is 56.5 Å². The summed E-state index contributed by atoms with van der Waals surface area (Å²) in [5.41, 5.74) is 1.48. The van der Waals surface area contributed by atoms with Gasteiger partial charge in [0.05, 0.1) is 24.3 Å². The van der Waals surface area contributed by atoms with Gasteiger partial charge in [0.25, 0.3) is 5.91 Å². The highest BCUT2D eigenvalue weighted by atomic mass is 32.2. The molecule has 0 aliphatic heterocycles. The molecule has 0 unspecified atom stereocenters. The van der Waals surface area contributed by atoms with Crippen LogP contribution in [0.2, 0.25) is 0 Å². The summed E-state index contributed by atoms with van der Waals surface area (Å²) in [4.78, 5) is 12.8. The molecule has 0 atom stereocenters. The number of ether oxygens (including phenoxy) is 2. The van der Waals surface area contributed by atoms with E-state index in [0.717, 1.165) is 0 Å². The van der Waals surface area contributed by atoms with Crippen molar-refractivity contribution in [2.24, 2.45) is 0 Å². The number of rotatable bonds is 10. The summed E-state index contributed by atoms with van der Waals surface area (Å²) in [7, 11) is -2.22. The van der Waals surface area contributed by atoms with E-state index >= 15 is 0 Å². The minimum absolute atomic E-state index is 0.00306. The minimum Gasteiger partial charge on any atom is -0.491 e. The van der Waals surface area contributed by atoms with Gasteiger partial charge in [-0.3, -0.25) is 4.79 Å². The molecule has 1 amide bonds. The van der Waals surface area contributed by atoms with Gasteiger partial charge in [0.1, 0.15) is 18.1 Å². The van der Waals surface area contributed by atoms with Gasteiger partial charge in [-0.25, -0.2) is 13.1 Å². The second-order valence-corrected chi connectivity index (χ2v) is 8.47. The van der Waals surface area contributed by atoms with Crippen LogP contribution in [0.5, 0.6) is 5.75 Å². The maximum Gasteiger partial charge on any atom is 0.255 e. The van der Waals surface area contributed by atoms with Crippen molar-refractivity contribution in [1.29, 1.82) is 0 Å². The van der Waals surface area contributed by atoms with Crippen LogP contribution in [-0.4, -0.2) is 34.6 Å². The van der Waals surface area contributed by atoms with Gasteiger partial charge in [0.15, 0.2) is 0 Å². The number of aryl methyl sites for hydroxylation is 1. The molecule has 0 fully saturated rings. The first-order valence-corrected chi connectivity index (χ1v) is 11.0. The first-order chi connectivity index (χ1) is 14.9. The van der Waals surface area contributed by atoms with Gasteiger partial charge in [0.2, 0.25) is 10.0 Å². The number of furan rings is 1. The smallest absolute Gasteiger partial charge is 0.255 e. The van der Waals surface area contributed by atoms with Crippen molar-refractivity contribution in [3.63, 3.8) is 0 Å². The molecule has 0 aliphatic carbocycles. The molecule has 164 valence electrons. The zero-order chi connectivity index (χ0) is 22.3. The summed E-state index contributed by atoms with van der Waals surface area (Å²) in [5.74, 6) is 0.735. The lowest BCUT2D eigenvalue weighted by molar-refractivity contribution is 0.102. The molecule has 2 aromatic carbocycles. The van der Waals surface area contributed by atoms with Crippen LogP contribution in [-0.2, 0) is 21.3 Å². The number of benzene rings is 2. The molecule has 3 rings (SSSR count). The van der Waals surface area contributed by atoms with Crippen LogP contribution in [0.4, 0.5) is 5.69 Å². The Hall–Kier alpha value is -3.14. The van der Waals surface area contributed by atoms with E-state index in [9.17, 15) is 13.2 Å². The zero-order valence-electron chi connectivity index (χ0n) is 17.3. The number of carbonyl (C=O) groups is 1. The second kappa shape index (κ2) is 10.3. The Labute approximate surface area is 181 Å². The predicted octanol–water partition coefficient (Wildman–Crippen LogP) is 3.34. The lowest BCUT2D eigenvalue weighted by Gasteiger charge is -2.11. The van der Waals surface area contributed by atoms with Crippen molar-refractivity contribution in [2.45, 2.75) is 18.4 Å². The zero-order valence-corrected chi connectivity index (χ0v) is 18.1. The fourth-order valence-electron chi connectivity index (χ4n) is 2.75. The van der Waals surface area contributed by atoms with E-state index in [-0.39, 0.29) is 17.0 Å². The van der Waals surface area contributed by atoms with Gasteiger partial charge in [0, 0.05) is 18.4 Å². The molecular formula is C22H24N2O6S.